The molecule has 1 unspecified atom stereocenters. The van der Waals surface area contributed by atoms with Gasteiger partial charge in [0.05, 0.1) is 0 Å². The number of hydrogen-bond acceptors (Lipinski definition) is 2. The molecule has 1 aromatic heterocycles. The number of rotatable bonds is 6. The Labute approximate surface area is 194 Å². The third-order valence-electron chi connectivity index (χ3n) is 6.98. The first-order valence-corrected chi connectivity index (χ1v) is 12.0. The molecule has 5 heteroatoms. The van der Waals surface area contributed by atoms with Crippen LogP contribution in [0.25, 0.3) is 16.5 Å². The van der Waals surface area contributed by atoms with Crippen LogP contribution in [0.1, 0.15) is 55.2 Å². The molecular weight excluding hydrogens is 418 g/mol. The summed E-state index contributed by atoms with van der Waals surface area (Å²) in [5, 5.41) is 4.96. The maximum absolute atomic E-state index is 11.4. The zero-order chi connectivity index (χ0) is 22.1. The van der Waals surface area contributed by atoms with E-state index in [1.54, 1.807) is 6.92 Å². The number of nitrogens with one attached hydrogen (secondary N) is 2. The van der Waals surface area contributed by atoms with Crippen LogP contribution in [0, 0.1) is 0 Å². The van der Waals surface area contributed by atoms with Crippen LogP contribution in [0.4, 0.5) is 5.69 Å². The second-order valence-corrected chi connectivity index (χ2v) is 9.58. The van der Waals surface area contributed by atoms with Crippen molar-refractivity contribution in [2.24, 2.45) is 0 Å². The topological polar surface area (TPSA) is 48.1 Å². The standard InChI is InChI=1S/C27H30ClN3O/c1-18(32)30-23-8-6-20-5-4-19(25(20)16-23)3-2-12-31-13-10-21(11-14-31)26-17-29-27-15-22(28)7-9-24(26)27/h6-10,15-17,19,29H,2-5,11-14H2,1H3,(H,30,32). The molecule has 4 nitrogen and oxygen atoms in total. The first-order chi connectivity index (χ1) is 15.6. The van der Waals surface area contributed by atoms with Gasteiger partial charge in [0.2, 0.25) is 5.91 Å². The fraction of sp³-hybridized carbons (Fsp3) is 0.370. The summed E-state index contributed by atoms with van der Waals surface area (Å²) in [5.74, 6) is 0.612. The van der Waals surface area contributed by atoms with Crippen LogP contribution in [-0.4, -0.2) is 35.4 Å². The molecule has 32 heavy (non-hydrogen) atoms. The molecular formula is C27H30ClN3O. The Bertz CT molecular complexity index is 1180. The molecule has 1 amide bonds. The zero-order valence-corrected chi connectivity index (χ0v) is 19.3. The van der Waals surface area contributed by atoms with E-state index in [0.717, 1.165) is 48.7 Å². The van der Waals surface area contributed by atoms with E-state index < -0.39 is 0 Å². The minimum absolute atomic E-state index is 0.00606. The molecule has 1 aliphatic heterocycles. The van der Waals surface area contributed by atoms with Crippen LogP contribution in [0.5, 0.6) is 0 Å². The molecule has 0 radical (unpaired) electrons. The number of aromatic nitrogens is 1. The summed E-state index contributed by atoms with van der Waals surface area (Å²) in [7, 11) is 0. The van der Waals surface area contributed by atoms with Crippen molar-refractivity contribution < 1.29 is 4.79 Å². The van der Waals surface area contributed by atoms with Crippen molar-refractivity contribution in [3.05, 3.63) is 70.4 Å². The lowest BCUT2D eigenvalue weighted by atomic mass is 9.95. The summed E-state index contributed by atoms with van der Waals surface area (Å²) in [6, 6.07) is 12.5. The van der Waals surface area contributed by atoms with E-state index in [1.807, 2.05) is 18.2 Å². The predicted molar refractivity (Wildman–Crippen MR) is 133 cm³/mol. The van der Waals surface area contributed by atoms with Gasteiger partial charge in [0.1, 0.15) is 0 Å². The Morgan fingerprint density at radius 2 is 2.12 bits per heavy atom. The van der Waals surface area contributed by atoms with Crippen molar-refractivity contribution in [2.45, 2.75) is 44.9 Å². The highest BCUT2D eigenvalue weighted by atomic mass is 35.5. The normalized spacial score (nSPS) is 18.6. The van der Waals surface area contributed by atoms with E-state index in [0.29, 0.717) is 5.92 Å². The Balaban J connectivity index is 1.16. The summed E-state index contributed by atoms with van der Waals surface area (Å²) in [6.07, 6.45) is 10.4. The molecule has 166 valence electrons. The average Bonchev–Trinajstić information content (AvgIpc) is 3.37. The van der Waals surface area contributed by atoms with Gasteiger partial charge in [-0.15, -0.1) is 0 Å². The van der Waals surface area contributed by atoms with Crippen molar-refractivity contribution in [2.75, 3.05) is 25.0 Å². The van der Waals surface area contributed by atoms with Crippen molar-refractivity contribution in [3.8, 4) is 0 Å². The van der Waals surface area contributed by atoms with E-state index in [2.05, 4.69) is 45.7 Å². The summed E-state index contributed by atoms with van der Waals surface area (Å²) in [6.45, 7) is 4.84. The summed E-state index contributed by atoms with van der Waals surface area (Å²) in [5.41, 5.74) is 7.68. The van der Waals surface area contributed by atoms with Crippen LogP contribution in [0.2, 0.25) is 5.02 Å². The molecule has 5 rings (SSSR count). The minimum Gasteiger partial charge on any atom is -0.361 e. The maximum atomic E-state index is 11.4. The summed E-state index contributed by atoms with van der Waals surface area (Å²) >= 11 is 6.13. The van der Waals surface area contributed by atoms with E-state index in [-0.39, 0.29) is 5.91 Å². The van der Waals surface area contributed by atoms with Gasteiger partial charge in [-0.1, -0.05) is 29.8 Å². The summed E-state index contributed by atoms with van der Waals surface area (Å²) < 4.78 is 0. The van der Waals surface area contributed by atoms with Crippen LogP contribution in [-0.2, 0) is 11.2 Å². The SMILES string of the molecule is CC(=O)Nc1ccc2c(c1)C(CCCN1CC=C(c3c[nH]c4cc(Cl)ccc34)CC1)CC2. The molecule has 0 fully saturated rings. The van der Waals surface area contributed by atoms with Gasteiger partial charge >= 0.3 is 0 Å². The fourth-order valence-corrected chi connectivity index (χ4v) is 5.53. The van der Waals surface area contributed by atoms with Crippen LogP contribution >= 0.6 is 11.6 Å². The van der Waals surface area contributed by atoms with Gasteiger partial charge in [0.15, 0.2) is 0 Å². The van der Waals surface area contributed by atoms with E-state index in [9.17, 15) is 4.79 Å². The van der Waals surface area contributed by atoms with Gasteiger partial charge in [-0.3, -0.25) is 9.69 Å². The largest absolute Gasteiger partial charge is 0.361 e. The Kier molecular flexibility index (Phi) is 6.07. The molecule has 0 bridgehead atoms. The van der Waals surface area contributed by atoms with Crippen LogP contribution in [0.15, 0.2) is 48.7 Å². The summed E-state index contributed by atoms with van der Waals surface area (Å²) in [4.78, 5) is 17.3. The lowest BCUT2D eigenvalue weighted by molar-refractivity contribution is -0.114. The van der Waals surface area contributed by atoms with Gasteiger partial charge in [0, 0.05) is 53.4 Å². The Morgan fingerprint density at radius 3 is 2.94 bits per heavy atom. The molecule has 1 aliphatic carbocycles. The van der Waals surface area contributed by atoms with Gasteiger partial charge in [0.25, 0.3) is 0 Å². The maximum Gasteiger partial charge on any atom is 0.221 e. The van der Waals surface area contributed by atoms with E-state index >= 15 is 0 Å². The number of halogens is 1. The number of carbonyl (C=O) groups excluding carboxylic acids is 1. The fourth-order valence-electron chi connectivity index (χ4n) is 5.35. The van der Waals surface area contributed by atoms with Gasteiger partial charge in [-0.05, 0) is 85.5 Å². The number of aromatic amines is 1. The number of benzene rings is 2. The van der Waals surface area contributed by atoms with Crippen molar-refractivity contribution in [3.63, 3.8) is 0 Å². The molecule has 3 aromatic rings. The smallest absolute Gasteiger partial charge is 0.221 e. The number of anilines is 1. The number of aryl methyl sites for hydroxylation is 1. The van der Waals surface area contributed by atoms with E-state index in [4.69, 9.17) is 11.6 Å². The second kappa shape index (κ2) is 9.13. The molecule has 0 spiro atoms. The first kappa shape index (κ1) is 21.3. The first-order valence-electron chi connectivity index (χ1n) is 11.7. The third-order valence-corrected chi connectivity index (χ3v) is 7.21. The molecule has 0 saturated carbocycles. The number of H-pyrrole nitrogens is 1. The van der Waals surface area contributed by atoms with E-state index in [1.165, 1.54) is 46.9 Å². The number of nitrogens with zero attached hydrogens (tertiary/aromatic N) is 1. The molecule has 2 N–H and O–H groups in total. The van der Waals surface area contributed by atoms with Crippen molar-refractivity contribution >= 4 is 39.7 Å². The predicted octanol–water partition coefficient (Wildman–Crippen LogP) is 6.38. The van der Waals surface area contributed by atoms with Crippen molar-refractivity contribution in [1.82, 2.24) is 9.88 Å². The molecule has 1 atom stereocenters. The highest BCUT2D eigenvalue weighted by Crippen LogP contribution is 2.38. The van der Waals surface area contributed by atoms with Gasteiger partial charge < -0.3 is 10.3 Å². The zero-order valence-electron chi connectivity index (χ0n) is 18.6. The van der Waals surface area contributed by atoms with Gasteiger partial charge in [-0.2, -0.15) is 0 Å². The van der Waals surface area contributed by atoms with Crippen LogP contribution < -0.4 is 5.32 Å². The lowest BCUT2D eigenvalue weighted by Gasteiger charge is -2.26. The Hall–Kier alpha value is -2.56. The third kappa shape index (κ3) is 4.48. The van der Waals surface area contributed by atoms with Gasteiger partial charge in [-0.25, -0.2) is 0 Å². The monoisotopic (exact) mass is 447 g/mol. The highest BCUT2D eigenvalue weighted by molar-refractivity contribution is 6.31. The number of amides is 1. The van der Waals surface area contributed by atoms with Crippen LogP contribution in [0.3, 0.4) is 0 Å². The second-order valence-electron chi connectivity index (χ2n) is 9.14. The minimum atomic E-state index is -0.00606. The number of hydrogen-bond donors (Lipinski definition) is 2. The Morgan fingerprint density at radius 1 is 1.22 bits per heavy atom. The molecule has 2 heterocycles. The van der Waals surface area contributed by atoms with Crippen molar-refractivity contribution in [1.29, 1.82) is 0 Å². The number of carbonyl (C=O) groups is 1. The average molecular weight is 448 g/mol. The molecule has 2 aromatic carbocycles. The molecule has 0 saturated heterocycles. The molecule has 2 aliphatic rings. The highest BCUT2D eigenvalue weighted by Gasteiger charge is 2.23. The lowest BCUT2D eigenvalue weighted by Crippen LogP contribution is -2.29. The quantitative estimate of drug-likeness (QED) is 0.460. The number of fused-ring (bicyclic) bond motifs is 2.